The Kier molecular flexibility index (Phi) is 4.69. The van der Waals surface area contributed by atoms with Crippen LogP contribution in [0, 0.1) is 0 Å². The van der Waals surface area contributed by atoms with Crippen molar-refractivity contribution < 1.29 is 0 Å². The molecule has 2 heterocycles. The number of likely N-dealkylation sites (N-methyl/N-ethyl adjacent to an activating group) is 1. The predicted octanol–water partition coefficient (Wildman–Crippen LogP) is 1.07. The van der Waals surface area contributed by atoms with Crippen LogP contribution in [0.5, 0.6) is 0 Å². The highest BCUT2D eigenvalue weighted by molar-refractivity contribution is 5.16. The van der Waals surface area contributed by atoms with Crippen LogP contribution >= 0.6 is 0 Å². The molecule has 2 N–H and O–H groups in total. The summed E-state index contributed by atoms with van der Waals surface area (Å²) >= 11 is 0. The average Bonchev–Trinajstić information content (AvgIpc) is 2.39. The van der Waals surface area contributed by atoms with Crippen LogP contribution in [0.2, 0.25) is 0 Å². The molecule has 2 rings (SSSR count). The zero-order valence-corrected chi connectivity index (χ0v) is 11.5. The number of hydrogen-bond acceptors (Lipinski definition) is 4. The third-order valence-electron chi connectivity index (χ3n) is 3.75. The van der Waals surface area contributed by atoms with Crippen LogP contribution < -0.4 is 5.73 Å². The van der Waals surface area contributed by atoms with Crippen molar-refractivity contribution >= 4 is 0 Å². The molecule has 1 aromatic rings. The first-order valence-electron chi connectivity index (χ1n) is 6.83. The van der Waals surface area contributed by atoms with Crippen molar-refractivity contribution in [3.8, 4) is 0 Å². The van der Waals surface area contributed by atoms with Gasteiger partial charge >= 0.3 is 0 Å². The Labute approximate surface area is 110 Å². The first-order chi connectivity index (χ1) is 8.72. The fourth-order valence-corrected chi connectivity index (χ4v) is 2.68. The molecule has 0 radical (unpaired) electrons. The summed E-state index contributed by atoms with van der Waals surface area (Å²) in [6.07, 6.45) is 1.86. The highest BCUT2D eigenvalue weighted by Gasteiger charge is 2.22. The number of aromatic nitrogens is 1. The molecule has 4 heteroatoms. The normalized spacial score (nSPS) is 22.3. The maximum absolute atomic E-state index is 5.63. The molecule has 0 bridgehead atoms. The minimum absolute atomic E-state index is 0.522. The Morgan fingerprint density at radius 3 is 2.94 bits per heavy atom. The molecule has 1 aliphatic rings. The molecule has 1 atom stereocenters. The molecule has 0 aromatic carbocycles. The van der Waals surface area contributed by atoms with Gasteiger partial charge in [-0.3, -0.25) is 14.8 Å². The highest BCUT2D eigenvalue weighted by atomic mass is 15.3. The third kappa shape index (κ3) is 3.28. The molecular formula is C14H24N4. The van der Waals surface area contributed by atoms with Crippen molar-refractivity contribution in [2.24, 2.45) is 5.73 Å². The Morgan fingerprint density at radius 1 is 1.44 bits per heavy atom. The predicted molar refractivity (Wildman–Crippen MR) is 74.1 cm³/mol. The minimum Gasteiger partial charge on any atom is -0.325 e. The van der Waals surface area contributed by atoms with Gasteiger partial charge in [0.25, 0.3) is 0 Å². The number of pyridine rings is 1. The van der Waals surface area contributed by atoms with Crippen LogP contribution in [0.15, 0.2) is 18.3 Å². The van der Waals surface area contributed by atoms with E-state index in [1.165, 1.54) is 12.1 Å². The molecule has 1 fully saturated rings. The topological polar surface area (TPSA) is 45.4 Å². The van der Waals surface area contributed by atoms with Crippen molar-refractivity contribution in [2.75, 3.05) is 26.2 Å². The van der Waals surface area contributed by atoms with Crippen molar-refractivity contribution in [1.29, 1.82) is 0 Å². The molecular weight excluding hydrogens is 224 g/mol. The second-order valence-electron chi connectivity index (χ2n) is 5.07. The van der Waals surface area contributed by atoms with E-state index in [0.29, 0.717) is 12.6 Å². The molecule has 1 saturated heterocycles. The molecule has 18 heavy (non-hydrogen) atoms. The molecule has 1 aromatic heterocycles. The number of nitrogens with zero attached hydrogens (tertiary/aromatic N) is 3. The molecule has 1 aliphatic heterocycles. The lowest BCUT2D eigenvalue weighted by Gasteiger charge is -2.39. The summed E-state index contributed by atoms with van der Waals surface area (Å²) in [6, 6.07) is 4.87. The van der Waals surface area contributed by atoms with Gasteiger partial charge in [-0.1, -0.05) is 6.92 Å². The standard InChI is InChI=1S/C14H24N4/c1-3-18-7-6-17(10-12(18)2)11-13-4-5-16-14(8-13)9-15/h4-5,8,12H,3,6-7,9-11,15H2,1-2H3. The van der Waals surface area contributed by atoms with Crippen molar-refractivity contribution in [1.82, 2.24) is 14.8 Å². The first kappa shape index (κ1) is 13.5. The van der Waals surface area contributed by atoms with Crippen molar-refractivity contribution in [3.05, 3.63) is 29.6 Å². The van der Waals surface area contributed by atoms with E-state index in [1.54, 1.807) is 0 Å². The average molecular weight is 248 g/mol. The van der Waals surface area contributed by atoms with Gasteiger partial charge in [0.05, 0.1) is 5.69 Å². The van der Waals surface area contributed by atoms with Crippen LogP contribution in [0.25, 0.3) is 0 Å². The van der Waals surface area contributed by atoms with Crippen LogP contribution in [0.3, 0.4) is 0 Å². The molecule has 0 spiro atoms. The van der Waals surface area contributed by atoms with Crippen molar-refractivity contribution in [3.63, 3.8) is 0 Å². The van der Waals surface area contributed by atoms with Gasteiger partial charge < -0.3 is 5.73 Å². The van der Waals surface area contributed by atoms with E-state index < -0.39 is 0 Å². The second-order valence-corrected chi connectivity index (χ2v) is 5.07. The summed E-state index contributed by atoms with van der Waals surface area (Å²) in [5.74, 6) is 0. The van der Waals surface area contributed by atoms with E-state index >= 15 is 0 Å². The Bertz CT molecular complexity index is 380. The van der Waals surface area contributed by atoms with Crippen molar-refractivity contribution in [2.45, 2.75) is 33.0 Å². The molecule has 1 unspecified atom stereocenters. The van der Waals surface area contributed by atoms with Gasteiger partial charge in [-0.05, 0) is 31.2 Å². The highest BCUT2D eigenvalue weighted by Crippen LogP contribution is 2.13. The van der Waals surface area contributed by atoms with Gasteiger partial charge in [-0.15, -0.1) is 0 Å². The summed E-state index contributed by atoms with van der Waals surface area (Å²) in [5.41, 5.74) is 7.93. The van der Waals surface area contributed by atoms with E-state index in [9.17, 15) is 0 Å². The molecule has 0 saturated carbocycles. The number of rotatable bonds is 4. The maximum atomic E-state index is 5.63. The summed E-state index contributed by atoms with van der Waals surface area (Å²) in [4.78, 5) is 9.30. The summed E-state index contributed by atoms with van der Waals surface area (Å²) in [7, 11) is 0. The van der Waals surface area contributed by atoms with Gasteiger partial charge in [0.15, 0.2) is 0 Å². The van der Waals surface area contributed by atoms with E-state index in [-0.39, 0.29) is 0 Å². The Hall–Kier alpha value is -0.970. The van der Waals surface area contributed by atoms with E-state index in [4.69, 9.17) is 5.73 Å². The fourth-order valence-electron chi connectivity index (χ4n) is 2.68. The van der Waals surface area contributed by atoms with E-state index in [2.05, 4.69) is 40.8 Å². The lowest BCUT2D eigenvalue weighted by atomic mass is 10.1. The van der Waals surface area contributed by atoms with Crippen LogP contribution in [0.4, 0.5) is 0 Å². The zero-order valence-electron chi connectivity index (χ0n) is 11.5. The lowest BCUT2D eigenvalue weighted by Crippen LogP contribution is -2.51. The smallest absolute Gasteiger partial charge is 0.0542 e. The van der Waals surface area contributed by atoms with E-state index in [1.807, 2.05) is 6.20 Å². The lowest BCUT2D eigenvalue weighted by molar-refractivity contribution is 0.0834. The third-order valence-corrected chi connectivity index (χ3v) is 3.75. The number of piperazine rings is 1. The van der Waals surface area contributed by atoms with Crippen LogP contribution in [-0.4, -0.2) is 47.0 Å². The molecule has 4 nitrogen and oxygen atoms in total. The maximum Gasteiger partial charge on any atom is 0.0542 e. The largest absolute Gasteiger partial charge is 0.325 e. The monoisotopic (exact) mass is 248 g/mol. The first-order valence-corrected chi connectivity index (χ1v) is 6.83. The number of hydrogen-bond donors (Lipinski definition) is 1. The van der Waals surface area contributed by atoms with Gasteiger partial charge in [0.1, 0.15) is 0 Å². The van der Waals surface area contributed by atoms with Crippen LogP contribution in [0.1, 0.15) is 25.1 Å². The van der Waals surface area contributed by atoms with Gasteiger partial charge in [-0.25, -0.2) is 0 Å². The SMILES string of the molecule is CCN1CCN(Cc2ccnc(CN)c2)CC1C. The Morgan fingerprint density at radius 2 is 2.28 bits per heavy atom. The van der Waals surface area contributed by atoms with Crippen LogP contribution in [-0.2, 0) is 13.1 Å². The second kappa shape index (κ2) is 6.27. The van der Waals surface area contributed by atoms with Gasteiger partial charge in [0.2, 0.25) is 0 Å². The fraction of sp³-hybridized carbons (Fsp3) is 0.643. The Balaban J connectivity index is 1.93. The zero-order chi connectivity index (χ0) is 13.0. The molecule has 0 amide bonds. The quantitative estimate of drug-likeness (QED) is 0.865. The minimum atomic E-state index is 0.522. The molecule has 100 valence electrons. The number of nitrogens with two attached hydrogens (primary N) is 1. The summed E-state index contributed by atoms with van der Waals surface area (Å²) in [5, 5.41) is 0. The van der Waals surface area contributed by atoms with E-state index in [0.717, 1.165) is 31.9 Å². The van der Waals surface area contributed by atoms with Gasteiger partial charge in [-0.2, -0.15) is 0 Å². The summed E-state index contributed by atoms with van der Waals surface area (Å²) < 4.78 is 0. The molecule has 0 aliphatic carbocycles. The summed E-state index contributed by atoms with van der Waals surface area (Å²) in [6.45, 7) is 10.7. The van der Waals surface area contributed by atoms with Gasteiger partial charge in [0, 0.05) is 45.0 Å².